The average Bonchev–Trinajstić information content (AvgIpc) is 3.10. The highest BCUT2D eigenvalue weighted by Gasteiger charge is 2.42. The van der Waals surface area contributed by atoms with E-state index in [0.29, 0.717) is 12.0 Å². The molecule has 2 aliphatic rings. The number of hydrogen-bond donors (Lipinski definition) is 1. The van der Waals surface area contributed by atoms with Gasteiger partial charge in [0.25, 0.3) is 0 Å². The molecule has 4 atom stereocenters. The van der Waals surface area contributed by atoms with Gasteiger partial charge in [-0.1, -0.05) is 18.6 Å². The monoisotopic (exact) mass is 255 g/mol. The molecule has 0 spiro atoms. The summed E-state index contributed by atoms with van der Waals surface area (Å²) in [5.41, 5.74) is 8.39. The first-order valence-corrected chi connectivity index (χ1v) is 7.46. The average molecular weight is 255 g/mol. The number of nitrogens with zero attached hydrogens (tertiary/aromatic N) is 2. The molecular weight excluding hydrogens is 234 g/mol. The van der Waals surface area contributed by atoms with Crippen LogP contribution in [0.15, 0.2) is 24.3 Å². The molecule has 2 fully saturated rings. The van der Waals surface area contributed by atoms with Gasteiger partial charge in [-0.3, -0.25) is 0 Å². The van der Waals surface area contributed by atoms with Crippen LogP contribution in [-0.4, -0.2) is 9.55 Å². The fourth-order valence-electron chi connectivity index (χ4n) is 4.57. The molecule has 0 saturated heterocycles. The van der Waals surface area contributed by atoms with Crippen LogP contribution in [0, 0.1) is 17.8 Å². The first-order valence-electron chi connectivity index (χ1n) is 7.46. The molecule has 1 aromatic heterocycles. The van der Waals surface area contributed by atoms with Crippen molar-refractivity contribution in [2.75, 3.05) is 5.73 Å². The van der Waals surface area contributed by atoms with Gasteiger partial charge in [0.1, 0.15) is 0 Å². The molecular formula is C16H21N3. The maximum Gasteiger partial charge on any atom is 0.201 e. The van der Waals surface area contributed by atoms with Crippen molar-refractivity contribution < 1.29 is 0 Å². The molecule has 4 rings (SSSR count). The summed E-state index contributed by atoms with van der Waals surface area (Å²) in [5, 5.41) is 0. The maximum atomic E-state index is 6.17. The van der Waals surface area contributed by atoms with E-state index >= 15 is 0 Å². The lowest BCUT2D eigenvalue weighted by atomic mass is 9.84. The molecule has 2 aliphatic carbocycles. The van der Waals surface area contributed by atoms with E-state index in [9.17, 15) is 0 Å². The molecule has 2 bridgehead atoms. The number of imidazole rings is 1. The van der Waals surface area contributed by atoms with Gasteiger partial charge >= 0.3 is 0 Å². The zero-order valence-electron chi connectivity index (χ0n) is 11.4. The maximum absolute atomic E-state index is 6.17. The topological polar surface area (TPSA) is 43.8 Å². The van der Waals surface area contributed by atoms with E-state index in [0.717, 1.165) is 23.3 Å². The van der Waals surface area contributed by atoms with E-state index in [2.05, 4.69) is 34.7 Å². The van der Waals surface area contributed by atoms with Crippen molar-refractivity contribution in [2.24, 2.45) is 17.8 Å². The molecule has 100 valence electrons. The molecule has 2 saturated carbocycles. The molecule has 0 amide bonds. The summed E-state index contributed by atoms with van der Waals surface area (Å²) in [6.45, 7) is 2.33. The minimum absolute atomic E-state index is 0.475. The number of rotatable bonds is 2. The molecule has 1 aromatic carbocycles. The van der Waals surface area contributed by atoms with Crippen LogP contribution < -0.4 is 5.73 Å². The number of para-hydroxylation sites is 2. The van der Waals surface area contributed by atoms with Crippen molar-refractivity contribution in [3.63, 3.8) is 0 Å². The summed E-state index contributed by atoms with van der Waals surface area (Å²) in [7, 11) is 0. The van der Waals surface area contributed by atoms with Crippen LogP contribution in [0.5, 0.6) is 0 Å². The SMILES string of the molecule is CC(C1CC2CCC1C2)n1c(N)nc2ccccc21. The third kappa shape index (κ3) is 1.60. The van der Waals surface area contributed by atoms with Crippen molar-refractivity contribution in [3.05, 3.63) is 24.3 Å². The predicted octanol–water partition coefficient (Wildman–Crippen LogP) is 3.62. The minimum atomic E-state index is 0.475. The standard InChI is InChI=1S/C16H21N3/c1-10(13-9-11-6-7-12(13)8-11)19-15-5-3-2-4-14(15)18-16(19)17/h2-5,10-13H,6-9H2,1H3,(H2,17,18). The number of fused-ring (bicyclic) bond motifs is 3. The summed E-state index contributed by atoms with van der Waals surface area (Å²) >= 11 is 0. The van der Waals surface area contributed by atoms with Crippen LogP contribution in [0.1, 0.15) is 38.6 Å². The van der Waals surface area contributed by atoms with Crippen LogP contribution in [0.4, 0.5) is 5.95 Å². The Bertz CT molecular complexity index is 615. The normalized spacial score (nSPS) is 31.1. The summed E-state index contributed by atoms with van der Waals surface area (Å²) < 4.78 is 2.26. The lowest BCUT2D eigenvalue weighted by Gasteiger charge is -2.29. The Kier molecular flexibility index (Phi) is 2.38. The molecule has 19 heavy (non-hydrogen) atoms. The van der Waals surface area contributed by atoms with Crippen LogP contribution in [-0.2, 0) is 0 Å². The van der Waals surface area contributed by atoms with Gasteiger partial charge in [-0.15, -0.1) is 0 Å². The van der Waals surface area contributed by atoms with Gasteiger partial charge in [-0.25, -0.2) is 4.98 Å². The van der Waals surface area contributed by atoms with Gasteiger partial charge in [0, 0.05) is 6.04 Å². The third-order valence-corrected chi connectivity index (χ3v) is 5.44. The second kappa shape index (κ2) is 3.99. The van der Waals surface area contributed by atoms with E-state index in [1.54, 1.807) is 0 Å². The van der Waals surface area contributed by atoms with Crippen LogP contribution in [0.3, 0.4) is 0 Å². The second-order valence-electron chi connectivity index (χ2n) is 6.41. The fourth-order valence-corrected chi connectivity index (χ4v) is 4.57. The summed E-state index contributed by atoms with van der Waals surface area (Å²) in [5.74, 6) is 3.36. The van der Waals surface area contributed by atoms with Gasteiger partial charge in [0.15, 0.2) is 0 Å². The molecule has 0 aliphatic heterocycles. The molecule has 0 radical (unpaired) electrons. The molecule has 3 heteroatoms. The summed E-state index contributed by atoms with van der Waals surface area (Å²) in [6.07, 6.45) is 5.71. The van der Waals surface area contributed by atoms with Gasteiger partial charge in [-0.05, 0) is 56.1 Å². The largest absolute Gasteiger partial charge is 0.369 e. The summed E-state index contributed by atoms with van der Waals surface area (Å²) in [4.78, 5) is 4.51. The zero-order chi connectivity index (χ0) is 13.0. The second-order valence-corrected chi connectivity index (χ2v) is 6.41. The number of anilines is 1. The Labute approximate surface area is 113 Å². The number of aromatic nitrogens is 2. The van der Waals surface area contributed by atoms with Crippen LogP contribution in [0.2, 0.25) is 0 Å². The van der Waals surface area contributed by atoms with Crippen molar-refractivity contribution in [1.82, 2.24) is 9.55 Å². The fraction of sp³-hybridized carbons (Fsp3) is 0.562. The van der Waals surface area contributed by atoms with E-state index < -0.39 is 0 Å². The van der Waals surface area contributed by atoms with E-state index in [-0.39, 0.29) is 0 Å². The zero-order valence-corrected chi connectivity index (χ0v) is 11.4. The Morgan fingerprint density at radius 1 is 1.26 bits per heavy atom. The Balaban J connectivity index is 1.75. The van der Waals surface area contributed by atoms with Crippen LogP contribution >= 0.6 is 0 Å². The van der Waals surface area contributed by atoms with Gasteiger partial charge in [-0.2, -0.15) is 0 Å². The number of nitrogen functional groups attached to an aromatic ring is 1. The first kappa shape index (κ1) is 11.3. The number of benzene rings is 1. The number of hydrogen-bond acceptors (Lipinski definition) is 2. The van der Waals surface area contributed by atoms with Gasteiger partial charge < -0.3 is 10.3 Å². The number of nitrogens with two attached hydrogens (primary N) is 1. The summed E-state index contributed by atoms with van der Waals surface area (Å²) in [6, 6.07) is 8.77. The van der Waals surface area contributed by atoms with Crippen molar-refractivity contribution in [2.45, 2.75) is 38.6 Å². The van der Waals surface area contributed by atoms with Crippen molar-refractivity contribution >= 4 is 17.0 Å². The van der Waals surface area contributed by atoms with E-state index in [1.165, 1.54) is 31.2 Å². The molecule has 2 N–H and O–H groups in total. The smallest absolute Gasteiger partial charge is 0.201 e. The predicted molar refractivity (Wildman–Crippen MR) is 77.8 cm³/mol. The first-order chi connectivity index (χ1) is 9.24. The Hall–Kier alpha value is -1.51. The Morgan fingerprint density at radius 3 is 2.84 bits per heavy atom. The van der Waals surface area contributed by atoms with E-state index in [1.807, 2.05) is 6.07 Å². The lowest BCUT2D eigenvalue weighted by molar-refractivity contribution is 0.248. The van der Waals surface area contributed by atoms with Crippen LogP contribution in [0.25, 0.3) is 11.0 Å². The highest BCUT2D eigenvalue weighted by Crippen LogP contribution is 2.52. The molecule has 4 unspecified atom stereocenters. The van der Waals surface area contributed by atoms with Gasteiger partial charge in [0.05, 0.1) is 11.0 Å². The molecule has 1 heterocycles. The van der Waals surface area contributed by atoms with Crippen molar-refractivity contribution in [1.29, 1.82) is 0 Å². The van der Waals surface area contributed by atoms with Gasteiger partial charge in [0.2, 0.25) is 5.95 Å². The van der Waals surface area contributed by atoms with Crippen molar-refractivity contribution in [3.8, 4) is 0 Å². The molecule has 3 nitrogen and oxygen atoms in total. The highest BCUT2D eigenvalue weighted by molar-refractivity contribution is 5.78. The highest BCUT2D eigenvalue weighted by atomic mass is 15.2. The Morgan fingerprint density at radius 2 is 2.11 bits per heavy atom. The van der Waals surface area contributed by atoms with E-state index in [4.69, 9.17) is 5.73 Å². The molecule has 2 aromatic rings. The third-order valence-electron chi connectivity index (χ3n) is 5.44. The minimum Gasteiger partial charge on any atom is -0.369 e. The lowest BCUT2D eigenvalue weighted by Crippen LogP contribution is -2.23. The quantitative estimate of drug-likeness (QED) is 0.890.